The van der Waals surface area contributed by atoms with Crippen molar-refractivity contribution in [2.24, 2.45) is 0 Å². The van der Waals surface area contributed by atoms with Crippen molar-refractivity contribution in [1.29, 1.82) is 0 Å². The lowest BCUT2D eigenvalue weighted by atomic mass is 9.97. The Balaban J connectivity index is 2.41. The number of aliphatic hydroxyl groups is 1. The Morgan fingerprint density at radius 1 is 0.619 bits per heavy atom. The van der Waals surface area contributed by atoms with E-state index in [-0.39, 0.29) is 11.3 Å². The third kappa shape index (κ3) is 20.1. The van der Waals surface area contributed by atoms with Crippen molar-refractivity contribution in [2.75, 3.05) is 0 Å². The maximum Gasteiger partial charge on any atom is 0.199 e. The van der Waals surface area contributed by atoms with E-state index in [4.69, 9.17) is 0 Å². The summed E-state index contributed by atoms with van der Waals surface area (Å²) in [6, 6.07) is 6.84. The molecule has 0 fully saturated rings. The second-order valence-electron chi connectivity index (χ2n) is 12.0. The van der Waals surface area contributed by atoms with Gasteiger partial charge in [-0.2, -0.15) is 0 Å². The number of aryl methyl sites for hydroxylation is 1. The van der Waals surface area contributed by atoms with E-state index in [1.54, 1.807) is 36.4 Å². The number of sulfone groups is 1. The molecular weight excluding hydrogens is 536 g/mol. The predicted octanol–water partition coefficient (Wildman–Crippen LogP) is 11.5. The third-order valence-corrected chi connectivity index (χ3v) is 9.29. The van der Waals surface area contributed by atoms with Gasteiger partial charge in [-0.1, -0.05) is 171 Å². The van der Waals surface area contributed by atoms with Crippen LogP contribution in [0, 0.1) is 6.92 Å². The van der Waals surface area contributed by atoms with Crippen LogP contribution < -0.4 is 0 Å². The summed E-state index contributed by atoms with van der Waals surface area (Å²) in [6.45, 7) is 6.38. The van der Waals surface area contributed by atoms with Crippen molar-refractivity contribution >= 4 is 9.84 Å². The van der Waals surface area contributed by atoms with Gasteiger partial charge >= 0.3 is 0 Å². The van der Waals surface area contributed by atoms with E-state index >= 15 is 0 Å². The normalized spacial score (nSPS) is 14.2. The van der Waals surface area contributed by atoms with Gasteiger partial charge in [0, 0.05) is 11.8 Å². The summed E-state index contributed by atoms with van der Waals surface area (Å²) in [4.78, 5) is 0.269. The predicted molar refractivity (Wildman–Crippen MR) is 184 cm³/mol. The molecule has 0 saturated carbocycles. The van der Waals surface area contributed by atoms with E-state index in [9.17, 15) is 13.5 Å². The number of benzene rings is 1. The first kappa shape index (κ1) is 38.1. The van der Waals surface area contributed by atoms with Crippen LogP contribution in [0.3, 0.4) is 0 Å². The van der Waals surface area contributed by atoms with Crippen LogP contribution in [0.25, 0.3) is 0 Å². The van der Waals surface area contributed by atoms with Gasteiger partial charge in [-0.3, -0.25) is 0 Å². The van der Waals surface area contributed by atoms with Crippen molar-refractivity contribution in [2.45, 2.75) is 160 Å². The monoisotopic (exact) mass is 598 g/mol. The number of unbranched alkanes of at least 4 members (excludes halogenated alkanes) is 17. The molecule has 1 atom stereocenters. The average molecular weight is 599 g/mol. The second-order valence-corrected chi connectivity index (χ2v) is 13.8. The van der Waals surface area contributed by atoms with Crippen LogP contribution in [-0.4, -0.2) is 19.1 Å². The van der Waals surface area contributed by atoms with Crippen LogP contribution in [0.15, 0.2) is 77.1 Å². The molecule has 0 amide bonds. The third-order valence-electron chi connectivity index (χ3n) is 7.81. The molecule has 1 N–H and O–H groups in total. The van der Waals surface area contributed by atoms with Crippen LogP contribution in [-0.2, 0) is 9.84 Å². The molecule has 0 aliphatic heterocycles. The number of allylic oxidation sites excluding steroid dienone is 4. The highest BCUT2D eigenvalue weighted by Gasteiger charge is 2.18. The Morgan fingerprint density at radius 3 is 1.67 bits per heavy atom. The Labute approximate surface area is 260 Å². The Kier molecular flexibility index (Phi) is 22.3. The van der Waals surface area contributed by atoms with Gasteiger partial charge in [-0.25, -0.2) is 8.42 Å². The summed E-state index contributed by atoms with van der Waals surface area (Å²) in [5, 5.41) is 12.5. The van der Waals surface area contributed by atoms with Gasteiger partial charge in [-0.15, -0.1) is 0 Å². The molecule has 0 aromatic heterocycles. The van der Waals surface area contributed by atoms with Crippen molar-refractivity contribution in [3.05, 3.63) is 77.8 Å². The highest BCUT2D eigenvalue weighted by Crippen LogP contribution is 2.20. The topological polar surface area (TPSA) is 54.4 Å². The standard InChI is InChI=1S/C38H62O3S/c1-4-6-8-10-12-13-14-15-16-17-18-19-20-21-22-24-26-33-38(39,32-25-23-11-9-7-5-2)34-27-35-42(40,41)37-30-28-36(3)29-31-37/h11,23,25-33,35,39H,4-10,12-22,24,34H2,1-3H3. The maximum absolute atomic E-state index is 12.7. The minimum absolute atomic E-state index is 0.201. The molecule has 1 aromatic carbocycles. The first-order chi connectivity index (χ1) is 20.3. The van der Waals surface area contributed by atoms with Gasteiger partial charge in [0.05, 0.1) is 4.90 Å². The number of rotatable bonds is 26. The molecule has 0 spiro atoms. The lowest BCUT2D eigenvalue weighted by Crippen LogP contribution is -2.21. The quantitative estimate of drug-likeness (QED) is 0.0655. The van der Waals surface area contributed by atoms with E-state index in [2.05, 4.69) is 26.0 Å². The summed E-state index contributed by atoms with van der Waals surface area (Å²) in [7, 11) is -3.54. The zero-order valence-corrected chi connectivity index (χ0v) is 28.1. The second kappa shape index (κ2) is 24.5. The zero-order chi connectivity index (χ0) is 30.8. The van der Waals surface area contributed by atoms with Crippen LogP contribution in [0.1, 0.15) is 148 Å². The molecule has 1 aromatic rings. The molecular formula is C38H62O3S. The summed E-state index contributed by atoms with van der Waals surface area (Å²) >= 11 is 0. The minimum Gasteiger partial charge on any atom is -0.381 e. The van der Waals surface area contributed by atoms with Crippen LogP contribution in [0.4, 0.5) is 0 Å². The number of hydrogen-bond acceptors (Lipinski definition) is 3. The fraction of sp³-hybridized carbons (Fsp3) is 0.632. The lowest BCUT2D eigenvalue weighted by molar-refractivity contribution is 0.146. The molecule has 0 aliphatic carbocycles. The summed E-state index contributed by atoms with van der Waals surface area (Å²) in [6.07, 6.45) is 37.8. The SMILES string of the molecule is CCCCC=CC=CC(O)(C=CCCCCCCCCCCCCCCCCC)CC=CS(=O)(=O)c1ccc(C)cc1. The molecule has 4 heteroatoms. The molecule has 42 heavy (non-hydrogen) atoms. The average Bonchev–Trinajstić information content (AvgIpc) is 2.96. The molecule has 1 rings (SSSR count). The van der Waals surface area contributed by atoms with E-state index in [1.807, 2.05) is 25.2 Å². The Morgan fingerprint density at radius 2 is 1.12 bits per heavy atom. The lowest BCUT2D eigenvalue weighted by Gasteiger charge is -2.18. The zero-order valence-electron chi connectivity index (χ0n) is 27.2. The molecule has 0 heterocycles. The van der Waals surface area contributed by atoms with Crippen molar-refractivity contribution < 1.29 is 13.5 Å². The van der Waals surface area contributed by atoms with Crippen molar-refractivity contribution in [1.82, 2.24) is 0 Å². The molecule has 0 aliphatic rings. The van der Waals surface area contributed by atoms with E-state index in [0.717, 1.165) is 37.7 Å². The van der Waals surface area contributed by atoms with E-state index < -0.39 is 15.4 Å². The summed E-state index contributed by atoms with van der Waals surface area (Å²) < 4.78 is 25.4. The fourth-order valence-corrected chi connectivity index (χ4v) is 6.02. The van der Waals surface area contributed by atoms with Gasteiger partial charge < -0.3 is 5.11 Å². The summed E-state index contributed by atoms with van der Waals surface area (Å²) in [5.74, 6) is 0. The highest BCUT2D eigenvalue weighted by atomic mass is 32.2. The maximum atomic E-state index is 12.7. The van der Waals surface area contributed by atoms with Gasteiger partial charge in [-0.05, 0) is 44.4 Å². The smallest absolute Gasteiger partial charge is 0.199 e. The van der Waals surface area contributed by atoms with Gasteiger partial charge in [0.15, 0.2) is 9.84 Å². The van der Waals surface area contributed by atoms with Gasteiger partial charge in [0.2, 0.25) is 0 Å². The van der Waals surface area contributed by atoms with Gasteiger partial charge in [0.1, 0.15) is 5.60 Å². The van der Waals surface area contributed by atoms with Crippen LogP contribution in [0.2, 0.25) is 0 Å². The molecule has 1 unspecified atom stereocenters. The minimum atomic E-state index is -3.54. The van der Waals surface area contributed by atoms with Gasteiger partial charge in [0.25, 0.3) is 0 Å². The van der Waals surface area contributed by atoms with Crippen molar-refractivity contribution in [3.63, 3.8) is 0 Å². The van der Waals surface area contributed by atoms with Crippen molar-refractivity contribution in [3.8, 4) is 0 Å². The molecule has 238 valence electrons. The molecule has 0 saturated heterocycles. The van der Waals surface area contributed by atoms with Crippen LogP contribution >= 0.6 is 0 Å². The molecule has 0 bridgehead atoms. The van der Waals surface area contributed by atoms with Crippen LogP contribution in [0.5, 0.6) is 0 Å². The largest absolute Gasteiger partial charge is 0.381 e. The first-order valence-corrected chi connectivity index (χ1v) is 18.6. The molecule has 0 radical (unpaired) electrons. The summed E-state index contributed by atoms with van der Waals surface area (Å²) in [5.41, 5.74) is -0.201. The fourth-order valence-electron chi connectivity index (χ4n) is 5.00. The highest BCUT2D eigenvalue weighted by molar-refractivity contribution is 7.94. The van der Waals surface area contributed by atoms with E-state index in [0.29, 0.717) is 0 Å². The first-order valence-electron chi connectivity index (χ1n) is 17.1. The Bertz CT molecular complexity index is 1000. The number of hydrogen-bond donors (Lipinski definition) is 1. The Hall–Kier alpha value is -1.91. The molecule has 3 nitrogen and oxygen atoms in total. The van der Waals surface area contributed by atoms with E-state index in [1.165, 1.54) is 95.3 Å².